The Bertz CT molecular complexity index is 618. The second kappa shape index (κ2) is 6.27. The fraction of sp³-hybridized carbons (Fsp3) is 0.100. The van der Waals surface area contributed by atoms with Crippen LogP contribution in [0.15, 0.2) is 12.1 Å². The van der Waals surface area contributed by atoms with Gasteiger partial charge >= 0.3 is 12.0 Å². The molecule has 3 N–H and O–H groups in total. The Morgan fingerprint density at radius 2 is 1.65 bits per heavy atom. The number of nitrogens with zero attached hydrogens (tertiary/aromatic N) is 3. The molecular weight excluding hydrogens is 329 g/mol. The molecule has 0 aliphatic carbocycles. The molecule has 0 spiro atoms. The van der Waals surface area contributed by atoms with Gasteiger partial charge in [-0.1, -0.05) is 34.8 Å². The van der Waals surface area contributed by atoms with Crippen molar-refractivity contribution in [1.29, 1.82) is 0 Å². The Labute approximate surface area is 129 Å². The van der Waals surface area contributed by atoms with Crippen molar-refractivity contribution in [2.75, 3.05) is 12.5 Å². The van der Waals surface area contributed by atoms with Crippen molar-refractivity contribution >= 4 is 40.8 Å². The second-order valence-corrected chi connectivity index (χ2v) is 4.59. The van der Waals surface area contributed by atoms with Crippen LogP contribution >= 0.6 is 34.8 Å². The van der Waals surface area contributed by atoms with E-state index in [-0.39, 0.29) is 33.8 Å². The molecule has 0 fully saturated rings. The molecular formula is C10H8Cl3N5O2. The number of hydrogen-bond acceptors (Lipinski definition) is 7. The molecule has 0 aliphatic heterocycles. The van der Waals surface area contributed by atoms with Gasteiger partial charge in [0.05, 0.1) is 22.2 Å². The summed E-state index contributed by atoms with van der Waals surface area (Å²) < 4.78 is 10.3. The number of benzene rings is 1. The normalized spacial score (nSPS) is 10.2. The average molecular weight is 337 g/mol. The Balaban J connectivity index is 2.36. The van der Waals surface area contributed by atoms with Crippen molar-refractivity contribution in [3.8, 4) is 17.8 Å². The third-order valence-electron chi connectivity index (χ3n) is 2.08. The highest BCUT2D eigenvalue weighted by Gasteiger charge is 2.12. The second-order valence-electron chi connectivity index (χ2n) is 3.37. The lowest BCUT2D eigenvalue weighted by Gasteiger charge is -2.09. The van der Waals surface area contributed by atoms with Gasteiger partial charge in [-0.3, -0.25) is 5.43 Å². The number of nitrogen functional groups attached to an aromatic ring is 1. The number of hydrogen-bond donors (Lipinski definition) is 2. The van der Waals surface area contributed by atoms with Crippen LogP contribution in [0.25, 0.3) is 0 Å². The topological polar surface area (TPSA) is 95.2 Å². The largest absolute Gasteiger partial charge is 0.467 e. The number of rotatable bonds is 4. The molecule has 1 aromatic carbocycles. The van der Waals surface area contributed by atoms with E-state index >= 15 is 0 Å². The van der Waals surface area contributed by atoms with Crippen molar-refractivity contribution in [3.63, 3.8) is 0 Å². The fourth-order valence-electron chi connectivity index (χ4n) is 1.22. The molecule has 0 amide bonds. The first-order valence-corrected chi connectivity index (χ1v) is 6.26. The van der Waals surface area contributed by atoms with Gasteiger partial charge in [0.15, 0.2) is 5.75 Å². The number of nitrogens with one attached hydrogen (secondary N) is 1. The first-order valence-electron chi connectivity index (χ1n) is 5.12. The van der Waals surface area contributed by atoms with Gasteiger partial charge in [-0.25, -0.2) is 5.84 Å². The molecule has 2 aromatic rings. The number of aromatic nitrogens is 3. The number of methoxy groups -OCH3 is 1. The SMILES string of the molecule is COc1nc(NN)nc(Oc2cc(Cl)c(Cl)cc2Cl)n1. The number of hydrazine groups is 1. The number of nitrogens with two attached hydrogens (primary N) is 1. The molecule has 2 rings (SSSR count). The van der Waals surface area contributed by atoms with Gasteiger partial charge in [0.2, 0.25) is 5.95 Å². The van der Waals surface area contributed by atoms with Gasteiger partial charge in [-0.15, -0.1) is 4.98 Å². The molecule has 0 aliphatic rings. The van der Waals surface area contributed by atoms with Crippen molar-refractivity contribution < 1.29 is 9.47 Å². The van der Waals surface area contributed by atoms with Crippen molar-refractivity contribution in [3.05, 3.63) is 27.2 Å². The molecule has 0 saturated heterocycles. The quantitative estimate of drug-likeness (QED) is 0.503. The van der Waals surface area contributed by atoms with Crippen LogP contribution in [0.3, 0.4) is 0 Å². The van der Waals surface area contributed by atoms with Crippen molar-refractivity contribution in [1.82, 2.24) is 15.0 Å². The van der Waals surface area contributed by atoms with Gasteiger partial charge in [-0.05, 0) is 6.07 Å². The van der Waals surface area contributed by atoms with Gasteiger partial charge in [0.1, 0.15) is 0 Å². The minimum Gasteiger partial charge on any atom is -0.467 e. The first kappa shape index (κ1) is 14.9. The molecule has 0 atom stereocenters. The van der Waals surface area contributed by atoms with Crippen LogP contribution in [0.4, 0.5) is 5.95 Å². The highest BCUT2D eigenvalue weighted by Crippen LogP contribution is 2.35. The minimum absolute atomic E-state index is 0.0270. The lowest BCUT2D eigenvalue weighted by molar-refractivity contribution is 0.360. The zero-order valence-corrected chi connectivity index (χ0v) is 12.3. The summed E-state index contributed by atoms with van der Waals surface area (Å²) in [6.07, 6.45) is 0. The molecule has 0 bridgehead atoms. The Morgan fingerprint density at radius 3 is 2.30 bits per heavy atom. The first-order chi connectivity index (χ1) is 9.53. The lowest BCUT2D eigenvalue weighted by atomic mass is 10.3. The highest BCUT2D eigenvalue weighted by atomic mass is 35.5. The van der Waals surface area contributed by atoms with Crippen LogP contribution in [0.5, 0.6) is 17.8 Å². The molecule has 10 heteroatoms. The summed E-state index contributed by atoms with van der Waals surface area (Å²) in [5.74, 6) is 5.54. The summed E-state index contributed by atoms with van der Waals surface area (Å²) >= 11 is 17.7. The Hall–Kier alpha value is -1.54. The molecule has 0 radical (unpaired) electrons. The molecule has 1 aromatic heterocycles. The molecule has 7 nitrogen and oxygen atoms in total. The number of halogens is 3. The van der Waals surface area contributed by atoms with E-state index in [4.69, 9.17) is 50.1 Å². The Kier molecular flexibility index (Phi) is 4.66. The third kappa shape index (κ3) is 3.31. The summed E-state index contributed by atoms with van der Waals surface area (Å²) in [5, 5.41) is 0.840. The van der Waals surface area contributed by atoms with E-state index in [2.05, 4.69) is 20.4 Å². The number of anilines is 1. The fourth-order valence-corrected chi connectivity index (χ4v) is 1.80. The zero-order chi connectivity index (χ0) is 14.7. The van der Waals surface area contributed by atoms with E-state index in [9.17, 15) is 0 Å². The summed E-state index contributed by atoms with van der Waals surface area (Å²) in [7, 11) is 1.39. The van der Waals surface area contributed by atoms with Crippen LogP contribution in [-0.4, -0.2) is 22.1 Å². The Morgan fingerprint density at radius 1 is 1.00 bits per heavy atom. The van der Waals surface area contributed by atoms with E-state index in [0.29, 0.717) is 5.02 Å². The van der Waals surface area contributed by atoms with Gasteiger partial charge in [0.25, 0.3) is 0 Å². The van der Waals surface area contributed by atoms with E-state index in [0.717, 1.165) is 0 Å². The van der Waals surface area contributed by atoms with Crippen molar-refractivity contribution in [2.24, 2.45) is 5.84 Å². The van der Waals surface area contributed by atoms with E-state index < -0.39 is 0 Å². The highest BCUT2D eigenvalue weighted by molar-refractivity contribution is 6.43. The van der Waals surface area contributed by atoms with Crippen LogP contribution in [-0.2, 0) is 0 Å². The predicted octanol–water partition coefficient (Wildman–Crippen LogP) is 2.92. The third-order valence-corrected chi connectivity index (χ3v) is 3.10. The minimum atomic E-state index is -0.0647. The molecule has 0 saturated carbocycles. The zero-order valence-electron chi connectivity index (χ0n) is 10.0. The number of ether oxygens (including phenoxy) is 2. The summed E-state index contributed by atoms with van der Waals surface area (Å²) in [6, 6.07) is 2.85. The predicted molar refractivity (Wildman–Crippen MR) is 75.7 cm³/mol. The summed E-state index contributed by atoms with van der Waals surface area (Å²) in [5.41, 5.74) is 2.26. The average Bonchev–Trinajstić information content (AvgIpc) is 2.44. The molecule has 1 heterocycles. The van der Waals surface area contributed by atoms with Crippen LogP contribution in [0, 0.1) is 0 Å². The molecule has 20 heavy (non-hydrogen) atoms. The smallest absolute Gasteiger partial charge is 0.330 e. The van der Waals surface area contributed by atoms with Crippen LogP contribution < -0.4 is 20.7 Å². The maximum Gasteiger partial charge on any atom is 0.330 e. The van der Waals surface area contributed by atoms with E-state index in [1.54, 1.807) is 0 Å². The van der Waals surface area contributed by atoms with Crippen LogP contribution in [0.2, 0.25) is 15.1 Å². The summed E-state index contributed by atoms with van der Waals surface area (Å²) in [6.45, 7) is 0. The maximum atomic E-state index is 5.99. The summed E-state index contributed by atoms with van der Waals surface area (Å²) in [4.78, 5) is 11.6. The van der Waals surface area contributed by atoms with Gasteiger partial charge < -0.3 is 9.47 Å². The van der Waals surface area contributed by atoms with E-state index in [1.807, 2.05) is 0 Å². The van der Waals surface area contributed by atoms with E-state index in [1.165, 1.54) is 19.2 Å². The monoisotopic (exact) mass is 335 g/mol. The van der Waals surface area contributed by atoms with Gasteiger partial charge in [0, 0.05) is 6.07 Å². The maximum absolute atomic E-state index is 5.99. The van der Waals surface area contributed by atoms with Crippen LogP contribution in [0.1, 0.15) is 0 Å². The standard InChI is InChI=1S/C10H8Cl3N5O2/c1-19-9-15-8(18-14)16-10(17-9)20-7-3-5(12)4(11)2-6(7)13/h2-3H,14H2,1H3,(H,15,16,17,18). The van der Waals surface area contributed by atoms with Crippen molar-refractivity contribution in [2.45, 2.75) is 0 Å². The van der Waals surface area contributed by atoms with Gasteiger partial charge in [-0.2, -0.15) is 9.97 Å². The lowest BCUT2D eigenvalue weighted by Crippen LogP contribution is -2.12. The molecule has 106 valence electrons. The molecule has 0 unspecified atom stereocenters.